The van der Waals surface area contributed by atoms with Crippen molar-refractivity contribution in [2.75, 3.05) is 13.6 Å². The minimum absolute atomic E-state index is 0.00734. The van der Waals surface area contributed by atoms with Crippen LogP contribution >= 0.6 is 0 Å². The topological polar surface area (TPSA) is 57.6 Å². The first kappa shape index (κ1) is 14.2. The second-order valence-electron chi connectivity index (χ2n) is 4.39. The summed E-state index contributed by atoms with van der Waals surface area (Å²) in [7, 11) is 1.64. The zero-order valence-corrected chi connectivity index (χ0v) is 10.8. The number of carboxylic acid groups (broad SMARTS) is 1. The predicted molar refractivity (Wildman–Crippen MR) is 69.4 cm³/mol. The second-order valence-corrected chi connectivity index (χ2v) is 4.39. The van der Waals surface area contributed by atoms with E-state index in [4.69, 9.17) is 5.11 Å². The van der Waals surface area contributed by atoms with Crippen LogP contribution in [0.1, 0.15) is 24.0 Å². The van der Waals surface area contributed by atoms with E-state index >= 15 is 0 Å². The van der Waals surface area contributed by atoms with Crippen LogP contribution in [0.15, 0.2) is 24.3 Å². The van der Waals surface area contributed by atoms with E-state index in [-0.39, 0.29) is 18.9 Å². The Morgan fingerprint density at radius 1 is 1.22 bits per heavy atom. The first-order valence-electron chi connectivity index (χ1n) is 6.01. The number of amides is 1. The molecule has 0 radical (unpaired) electrons. The molecule has 98 valence electrons. The average molecular weight is 249 g/mol. The average Bonchev–Trinajstić information content (AvgIpc) is 2.34. The molecule has 0 spiro atoms. The lowest BCUT2D eigenvalue weighted by molar-refractivity contribution is -0.138. The Morgan fingerprint density at radius 3 is 2.50 bits per heavy atom. The molecule has 0 saturated heterocycles. The molecule has 18 heavy (non-hydrogen) atoms. The van der Waals surface area contributed by atoms with Crippen LogP contribution in [-0.4, -0.2) is 35.5 Å². The molecule has 0 fully saturated rings. The van der Waals surface area contributed by atoms with Gasteiger partial charge in [-0.25, -0.2) is 0 Å². The number of carbonyl (C=O) groups is 2. The van der Waals surface area contributed by atoms with Gasteiger partial charge in [-0.2, -0.15) is 0 Å². The van der Waals surface area contributed by atoms with Crippen molar-refractivity contribution in [2.45, 2.75) is 26.2 Å². The van der Waals surface area contributed by atoms with E-state index in [1.54, 1.807) is 7.05 Å². The largest absolute Gasteiger partial charge is 0.481 e. The summed E-state index contributed by atoms with van der Waals surface area (Å²) in [5.74, 6) is -0.895. The molecule has 0 aromatic heterocycles. The predicted octanol–water partition coefficient (Wildman–Crippen LogP) is 1.86. The van der Waals surface area contributed by atoms with Gasteiger partial charge in [0.2, 0.25) is 5.91 Å². The summed E-state index contributed by atoms with van der Waals surface area (Å²) in [4.78, 5) is 23.7. The molecule has 1 amide bonds. The van der Waals surface area contributed by atoms with E-state index in [0.717, 1.165) is 5.56 Å². The highest BCUT2D eigenvalue weighted by Gasteiger charge is 2.10. The number of aryl methyl sites for hydroxylation is 2. The van der Waals surface area contributed by atoms with Crippen LogP contribution in [0.3, 0.4) is 0 Å². The standard InChI is InChI=1S/C14H19NO3/c1-11-5-3-4-6-12(11)7-8-13(16)15(2)10-9-14(17)18/h3-6H,7-10H2,1-2H3,(H,17,18). The molecule has 0 saturated carbocycles. The second kappa shape index (κ2) is 6.79. The van der Waals surface area contributed by atoms with E-state index in [2.05, 4.69) is 0 Å². The van der Waals surface area contributed by atoms with Crippen LogP contribution < -0.4 is 0 Å². The lowest BCUT2D eigenvalue weighted by atomic mass is 10.0. The molecule has 1 aromatic carbocycles. The highest BCUT2D eigenvalue weighted by molar-refractivity contribution is 5.77. The Kier molecular flexibility index (Phi) is 5.36. The molecule has 0 heterocycles. The SMILES string of the molecule is Cc1ccccc1CCC(=O)N(C)CCC(=O)O. The fraction of sp³-hybridized carbons (Fsp3) is 0.429. The lowest BCUT2D eigenvalue weighted by Crippen LogP contribution is -2.29. The number of carboxylic acids is 1. The summed E-state index contributed by atoms with van der Waals surface area (Å²) in [5.41, 5.74) is 2.34. The number of rotatable bonds is 6. The number of benzene rings is 1. The first-order chi connectivity index (χ1) is 8.50. The molecule has 0 aliphatic heterocycles. The van der Waals surface area contributed by atoms with Crippen molar-refractivity contribution in [3.63, 3.8) is 0 Å². The zero-order valence-electron chi connectivity index (χ0n) is 10.8. The van der Waals surface area contributed by atoms with Crippen molar-refractivity contribution < 1.29 is 14.7 Å². The Bertz CT molecular complexity index is 429. The lowest BCUT2D eigenvalue weighted by Gasteiger charge is -2.16. The third-order valence-electron chi connectivity index (χ3n) is 2.96. The van der Waals surface area contributed by atoms with Crippen molar-refractivity contribution in [1.29, 1.82) is 0 Å². The normalized spacial score (nSPS) is 10.1. The van der Waals surface area contributed by atoms with Crippen LogP contribution in [-0.2, 0) is 16.0 Å². The fourth-order valence-electron chi connectivity index (χ4n) is 1.71. The number of carbonyl (C=O) groups excluding carboxylic acids is 1. The number of aliphatic carboxylic acids is 1. The first-order valence-corrected chi connectivity index (χ1v) is 6.01. The number of nitrogens with zero attached hydrogens (tertiary/aromatic N) is 1. The van der Waals surface area contributed by atoms with Gasteiger partial charge in [-0.1, -0.05) is 24.3 Å². The molecule has 4 nitrogen and oxygen atoms in total. The Labute approximate surface area is 107 Å². The number of hydrogen-bond donors (Lipinski definition) is 1. The maximum atomic E-state index is 11.8. The number of hydrogen-bond acceptors (Lipinski definition) is 2. The van der Waals surface area contributed by atoms with Gasteiger partial charge >= 0.3 is 5.97 Å². The monoisotopic (exact) mass is 249 g/mol. The molecular formula is C14H19NO3. The molecule has 1 N–H and O–H groups in total. The van der Waals surface area contributed by atoms with Gasteiger partial charge in [0, 0.05) is 20.0 Å². The summed E-state index contributed by atoms with van der Waals surface area (Å²) in [6, 6.07) is 7.97. The van der Waals surface area contributed by atoms with E-state index < -0.39 is 5.97 Å². The molecular weight excluding hydrogens is 230 g/mol. The van der Waals surface area contributed by atoms with Gasteiger partial charge < -0.3 is 10.0 Å². The molecule has 0 atom stereocenters. The Hall–Kier alpha value is -1.84. The highest BCUT2D eigenvalue weighted by Crippen LogP contribution is 2.10. The maximum absolute atomic E-state index is 11.8. The van der Waals surface area contributed by atoms with E-state index in [1.165, 1.54) is 10.5 Å². The molecule has 0 aliphatic rings. The minimum Gasteiger partial charge on any atom is -0.481 e. The molecule has 1 rings (SSSR count). The van der Waals surface area contributed by atoms with E-state index in [1.807, 2.05) is 31.2 Å². The van der Waals surface area contributed by atoms with Gasteiger partial charge in [-0.05, 0) is 24.5 Å². The zero-order chi connectivity index (χ0) is 13.5. The van der Waals surface area contributed by atoms with Gasteiger partial charge in [0.05, 0.1) is 6.42 Å². The van der Waals surface area contributed by atoms with Gasteiger partial charge in [-0.15, -0.1) is 0 Å². The highest BCUT2D eigenvalue weighted by atomic mass is 16.4. The van der Waals surface area contributed by atoms with Crippen LogP contribution in [0.4, 0.5) is 0 Å². The van der Waals surface area contributed by atoms with Crippen LogP contribution in [0.5, 0.6) is 0 Å². The summed E-state index contributed by atoms with van der Waals surface area (Å²) in [6.45, 7) is 2.29. The molecule has 0 unspecified atom stereocenters. The molecule has 0 bridgehead atoms. The Balaban J connectivity index is 2.41. The molecule has 0 aliphatic carbocycles. The molecule has 1 aromatic rings. The van der Waals surface area contributed by atoms with Crippen molar-refractivity contribution in [1.82, 2.24) is 4.90 Å². The summed E-state index contributed by atoms with van der Waals surface area (Å²) in [6.07, 6.45) is 1.11. The van der Waals surface area contributed by atoms with E-state index in [9.17, 15) is 9.59 Å². The quantitative estimate of drug-likeness (QED) is 0.837. The summed E-state index contributed by atoms with van der Waals surface area (Å²) in [5, 5.41) is 8.55. The van der Waals surface area contributed by atoms with Crippen LogP contribution in [0, 0.1) is 6.92 Å². The minimum atomic E-state index is -0.881. The van der Waals surface area contributed by atoms with Crippen molar-refractivity contribution in [3.05, 3.63) is 35.4 Å². The smallest absolute Gasteiger partial charge is 0.305 e. The third-order valence-corrected chi connectivity index (χ3v) is 2.96. The van der Waals surface area contributed by atoms with Crippen LogP contribution in [0.25, 0.3) is 0 Å². The Morgan fingerprint density at radius 2 is 1.89 bits per heavy atom. The van der Waals surface area contributed by atoms with Gasteiger partial charge in [0.1, 0.15) is 0 Å². The van der Waals surface area contributed by atoms with Crippen molar-refractivity contribution >= 4 is 11.9 Å². The maximum Gasteiger partial charge on any atom is 0.305 e. The van der Waals surface area contributed by atoms with Crippen molar-refractivity contribution in [2.24, 2.45) is 0 Å². The third kappa shape index (κ3) is 4.57. The summed E-state index contributed by atoms with van der Waals surface area (Å²) < 4.78 is 0. The van der Waals surface area contributed by atoms with Crippen LogP contribution in [0.2, 0.25) is 0 Å². The van der Waals surface area contributed by atoms with Gasteiger partial charge in [0.15, 0.2) is 0 Å². The summed E-state index contributed by atoms with van der Waals surface area (Å²) >= 11 is 0. The van der Waals surface area contributed by atoms with Gasteiger partial charge in [0.25, 0.3) is 0 Å². The molecule has 4 heteroatoms. The fourth-order valence-corrected chi connectivity index (χ4v) is 1.71. The van der Waals surface area contributed by atoms with Gasteiger partial charge in [-0.3, -0.25) is 9.59 Å². The van der Waals surface area contributed by atoms with E-state index in [0.29, 0.717) is 12.8 Å². The van der Waals surface area contributed by atoms with Crippen molar-refractivity contribution in [3.8, 4) is 0 Å².